The van der Waals surface area contributed by atoms with Crippen LogP contribution < -0.4 is 0 Å². The molecule has 0 bridgehead atoms. The third kappa shape index (κ3) is 4.85. The molecule has 78 valence electrons. The third-order valence-corrected chi connectivity index (χ3v) is 2.28. The summed E-state index contributed by atoms with van der Waals surface area (Å²) in [6.45, 7) is 4.47. The van der Waals surface area contributed by atoms with Crippen molar-refractivity contribution in [2.45, 2.75) is 38.5 Å². The molecule has 0 aromatic carbocycles. The van der Waals surface area contributed by atoms with Gasteiger partial charge in [-0.25, -0.2) is 0 Å². The first kappa shape index (κ1) is 11.0. The number of rotatable bonds is 0. The van der Waals surface area contributed by atoms with E-state index in [9.17, 15) is 4.79 Å². The molecule has 0 atom stereocenters. The van der Waals surface area contributed by atoms with E-state index < -0.39 is 0 Å². The lowest BCUT2D eigenvalue weighted by atomic mass is 10.1. The Morgan fingerprint density at radius 3 is 2.86 bits per heavy atom. The molecule has 1 aliphatic rings. The number of carbonyl (C=O) groups excluding carboxylic acids is 1. The highest BCUT2D eigenvalue weighted by atomic mass is 16.5. The van der Waals surface area contributed by atoms with Crippen molar-refractivity contribution in [1.82, 2.24) is 0 Å². The van der Waals surface area contributed by atoms with Gasteiger partial charge >= 0.3 is 5.97 Å². The van der Waals surface area contributed by atoms with Crippen LogP contribution in [-0.4, -0.2) is 12.6 Å². The first-order valence-corrected chi connectivity index (χ1v) is 5.29. The van der Waals surface area contributed by atoms with Crippen molar-refractivity contribution >= 4 is 5.97 Å². The molecule has 14 heavy (non-hydrogen) atoms. The second-order valence-electron chi connectivity index (χ2n) is 3.63. The summed E-state index contributed by atoms with van der Waals surface area (Å²) >= 11 is 0. The van der Waals surface area contributed by atoms with Crippen molar-refractivity contribution < 1.29 is 9.53 Å². The van der Waals surface area contributed by atoms with Gasteiger partial charge in [0, 0.05) is 6.42 Å². The largest absolute Gasteiger partial charge is 0.465 e. The minimum Gasteiger partial charge on any atom is -0.465 e. The molecule has 0 unspecified atom stereocenters. The number of cyclic esters (lactones) is 1. The van der Waals surface area contributed by atoms with Crippen LogP contribution in [0.3, 0.4) is 0 Å². The van der Waals surface area contributed by atoms with E-state index in [1.165, 1.54) is 5.57 Å². The van der Waals surface area contributed by atoms with Gasteiger partial charge in [0.25, 0.3) is 0 Å². The highest BCUT2D eigenvalue weighted by molar-refractivity contribution is 5.69. The maximum atomic E-state index is 11.1. The summed E-state index contributed by atoms with van der Waals surface area (Å²) in [4.78, 5) is 11.1. The quantitative estimate of drug-likeness (QED) is 0.554. The molecular weight excluding hydrogens is 176 g/mol. The summed E-state index contributed by atoms with van der Waals surface area (Å²) in [5.41, 5.74) is 1.18. The molecule has 0 fully saturated rings. The summed E-state index contributed by atoms with van der Waals surface area (Å²) in [6, 6.07) is 0. The van der Waals surface area contributed by atoms with E-state index in [4.69, 9.17) is 4.74 Å². The molecule has 2 nitrogen and oxygen atoms in total. The van der Waals surface area contributed by atoms with Crippen LogP contribution in [0.2, 0.25) is 0 Å². The van der Waals surface area contributed by atoms with Crippen LogP contribution in [0.15, 0.2) is 24.3 Å². The van der Waals surface area contributed by atoms with Crippen molar-refractivity contribution in [2.75, 3.05) is 6.61 Å². The molecule has 0 spiro atoms. The second-order valence-corrected chi connectivity index (χ2v) is 3.63. The Kier molecular flexibility index (Phi) is 5.05. The number of hydrogen-bond donors (Lipinski definition) is 0. The monoisotopic (exact) mass is 194 g/mol. The van der Waals surface area contributed by atoms with Gasteiger partial charge < -0.3 is 4.74 Å². The van der Waals surface area contributed by atoms with E-state index >= 15 is 0 Å². The Balaban J connectivity index is 2.37. The summed E-state index contributed by atoms with van der Waals surface area (Å²) in [5, 5.41) is 0. The molecule has 0 radical (unpaired) electrons. The minimum atomic E-state index is -0.0576. The van der Waals surface area contributed by atoms with E-state index in [0.29, 0.717) is 13.0 Å². The molecule has 0 saturated carbocycles. The minimum absolute atomic E-state index is 0.0576. The fourth-order valence-corrected chi connectivity index (χ4v) is 1.44. The molecule has 0 aliphatic carbocycles. The predicted octanol–water partition coefficient (Wildman–Crippen LogP) is 3.00. The van der Waals surface area contributed by atoms with Crippen molar-refractivity contribution in [3.8, 4) is 0 Å². The molecule has 0 aromatic heterocycles. The number of esters is 1. The van der Waals surface area contributed by atoms with Crippen molar-refractivity contribution in [3.05, 3.63) is 24.3 Å². The molecule has 0 amide bonds. The highest BCUT2D eigenvalue weighted by Crippen LogP contribution is 2.11. The van der Waals surface area contributed by atoms with Gasteiger partial charge in [0.2, 0.25) is 0 Å². The van der Waals surface area contributed by atoms with E-state index in [1.54, 1.807) is 0 Å². The average molecular weight is 194 g/mol. The van der Waals surface area contributed by atoms with Crippen molar-refractivity contribution in [1.29, 1.82) is 0 Å². The van der Waals surface area contributed by atoms with E-state index in [0.717, 1.165) is 32.1 Å². The van der Waals surface area contributed by atoms with Crippen molar-refractivity contribution in [2.24, 2.45) is 0 Å². The van der Waals surface area contributed by atoms with Gasteiger partial charge in [0.05, 0.1) is 6.61 Å². The van der Waals surface area contributed by atoms with Gasteiger partial charge in [-0.15, -0.1) is 0 Å². The molecule has 1 heterocycles. The lowest BCUT2D eigenvalue weighted by Gasteiger charge is -2.05. The molecule has 1 aliphatic heterocycles. The highest BCUT2D eigenvalue weighted by Gasteiger charge is 2.02. The first-order chi connectivity index (χ1) is 6.79. The first-order valence-electron chi connectivity index (χ1n) is 5.29. The number of hydrogen-bond acceptors (Lipinski definition) is 2. The lowest BCUT2D eigenvalue weighted by molar-refractivity contribution is -0.143. The van der Waals surface area contributed by atoms with Crippen LogP contribution in [0.4, 0.5) is 0 Å². The van der Waals surface area contributed by atoms with Crippen LogP contribution in [0, 0.1) is 0 Å². The maximum Gasteiger partial charge on any atom is 0.305 e. The van der Waals surface area contributed by atoms with E-state index in [1.807, 2.05) is 12.2 Å². The van der Waals surface area contributed by atoms with Gasteiger partial charge in [-0.2, -0.15) is 0 Å². The molecular formula is C12H18O2. The van der Waals surface area contributed by atoms with Gasteiger partial charge in [0.15, 0.2) is 0 Å². The van der Waals surface area contributed by atoms with Gasteiger partial charge in [-0.1, -0.05) is 30.7 Å². The zero-order valence-corrected chi connectivity index (χ0v) is 8.63. The van der Waals surface area contributed by atoms with Crippen molar-refractivity contribution in [3.63, 3.8) is 0 Å². The predicted molar refractivity (Wildman–Crippen MR) is 56.9 cm³/mol. The molecule has 0 aromatic rings. The Morgan fingerprint density at radius 2 is 2.00 bits per heavy atom. The SMILES string of the molecule is C=C1/C=C\CCOC(=O)CCCCC1. The summed E-state index contributed by atoms with van der Waals surface area (Å²) in [6.07, 6.45) is 9.62. The van der Waals surface area contributed by atoms with Crippen LogP contribution >= 0.6 is 0 Å². The van der Waals surface area contributed by atoms with Crippen LogP contribution in [0.5, 0.6) is 0 Å². The number of ether oxygens (including phenoxy) is 1. The van der Waals surface area contributed by atoms with E-state index in [2.05, 4.69) is 6.58 Å². The van der Waals surface area contributed by atoms with Crippen LogP contribution in [0.25, 0.3) is 0 Å². The average Bonchev–Trinajstić information content (AvgIpc) is 2.14. The Labute approximate surface area is 85.6 Å². The van der Waals surface area contributed by atoms with Gasteiger partial charge in [-0.05, 0) is 25.7 Å². The molecule has 0 saturated heterocycles. The van der Waals surface area contributed by atoms with Crippen LogP contribution in [-0.2, 0) is 9.53 Å². The second kappa shape index (κ2) is 6.41. The van der Waals surface area contributed by atoms with Gasteiger partial charge in [0.1, 0.15) is 0 Å². The fourth-order valence-electron chi connectivity index (χ4n) is 1.44. The Morgan fingerprint density at radius 1 is 1.21 bits per heavy atom. The molecule has 2 heteroatoms. The standard InChI is InChI=1S/C12H18O2/c1-11-7-3-2-4-9-12(13)14-10-6-5-8-11/h5,8H,1-4,6-7,9-10H2/b8-5-. The molecule has 0 N–H and O–H groups in total. The summed E-state index contributed by atoms with van der Waals surface area (Å²) in [7, 11) is 0. The van der Waals surface area contributed by atoms with E-state index in [-0.39, 0.29) is 5.97 Å². The summed E-state index contributed by atoms with van der Waals surface area (Å²) < 4.78 is 5.03. The molecule has 1 rings (SSSR count). The number of allylic oxidation sites excluding steroid dienone is 2. The van der Waals surface area contributed by atoms with Gasteiger partial charge in [-0.3, -0.25) is 4.79 Å². The lowest BCUT2D eigenvalue weighted by Crippen LogP contribution is -2.05. The Hall–Kier alpha value is -1.05. The van der Waals surface area contributed by atoms with Crippen LogP contribution in [0.1, 0.15) is 38.5 Å². The fraction of sp³-hybridized carbons (Fsp3) is 0.583. The Bertz CT molecular complexity index is 228. The normalized spacial score (nSPS) is 23.1. The topological polar surface area (TPSA) is 26.3 Å². The zero-order chi connectivity index (χ0) is 10.2. The number of carbonyl (C=O) groups is 1. The summed E-state index contributed by atoms with van der Waals surface area (Å²) in [5.74, 6) is -0.0576. The maximum absolute atomic E-state index is 11.1. The smallest absolute Gasteiger partial charge is 0.305 e. The zero-order valence-electron chi connectivity index (χ0n) is 8.63. The third-order valence-electron chi connectivity index (χ3n) is 2.28.